The van der Waals surface area contributed by atoms with Crippen LogP contribution in [0.3, 0.4) is 0 Å². The second-order valence-corrected chi connectivity index (χ2v) is 6.32. The van der Waals surface area contributed by atoms with Crippen molar-refractivity contribution in [1.82, 2.24) is 0 Å². The van der Waals surface area contributed by atoms with Crippen molar-refractivity contribution < 1.29 is 14.3 Å². The van der Waals surface area contributed by atoms with Crippen molar-refractivity contribution in [2.45, 2.75) is 50.4 Å². The Morgan fingerprint density at radius 2 is 1.95 bits per heavy atom. The van der Waals surface area contributed by atoms with Gasteiger partial charge in [0, 0.05) is 19.3 Å². The molecule has 1 heterocycles. The van der Waals surface area contributed by atoms with Crippen molar-refractivity contribution in [2.75, 3.05) is 25.2 Å². The number of hydrogen-bond acceptors (Lipinski definition) is 4. The van der Waals surface area contributed by atoms with E-state index >= 15 is 0 Å². The number of rotatable bonds is 5. The minimum atomic E-state index is -0.499. The van der Waals surface area contributed by atoms with Gasteiger partial charge in [-0.2, -0.15) is 0 Å². The fourth-order valence-electron chi connectivity index (χ4n) is 3.65. The molecule has 0 spiro atoms. The minimum absolute atomic E-state index is 0.0433. The first-order valence-electron chi connectivity index (χ1n) is 8.28. The minimum Gasteiger partial charge on any atom is -0.382 e. The molecular formula is C18H25NO3. The highest BCUT2D eigenvalue weighted by Gasteiger charge is 2.32. The van der Waals surface area contributed by atoms with E-state index in [0.717, 1.165) is 12.0 Å². The molecule has 1 saturated heterocycles. The molecule has 1 saturated carbocycles. The molecule has 120 valence electrons. The smallest absolute Gasteiger partial charge is 0.187 e. The quantitative estimate of drug-likeness (QED) is 0.784. The highest BCUT2D eigenvalue weighted by atomic mass is 16.6. The summed E-state index contributed by atoms with van der Waals surface area (Å²) in [4.78, 5) is 13.3. The highest BCUT2D eigenvalue weighted by Crippen LogP contribution is 2.34. The lowest BCUT2D eigenvalue weighted by Crippen LogP contribution is -2.31. The van der Waals surface area contributed by atoms with Gasteiger partial charge >= 0.3 is 0 Å². The molecule has 1 aromatic carbocycles. The van der Waals surface area contributed by atoms with Crippen LogP contribution in [0, 0.1) is 0 Å². The lowest BCUT2D eigenvalue weighted by Gasteiger charge is -2.24. The first-order chi connectivity index (χ1) is 10.8. The lowest BCUT2D eigenvalue weighted by atomic mass is 9.84. The van der Waals surface area contributed by atoms with E-state index in [1.165, 1.54) is 37.7 Å². The molecule has 0 amide bonds. The molecule has 1 aliphatic heterocycles. The highest BCUT2D eigenvalue weighted by molar-refractivity contribution is 5.65. The van der Waals surface area contributed by atoms with Crippen molar-refractivity contribution in [3.05, 3.63) is 29.8 Å². The van der Waals surface area contributed by atoms with Gasteiger partial charge < -0.3 is 14.4 Å². The van der Waals surface area contributed by atoms with Gasteiger partial charge in [-0.3, -0.25) is 4.79 Å². The van der Waals surface area contributed by atoms with E-state index in [9.17, 15) is 4.79 Å². The van der Waals surface area contributed by atoms with E-state index in [4.69, 9.17) is 9.47 Å². The van der Waals surface area contributed by atoms with E-state index in [1.807, 2.05) is 4.90 Å². The summed E-state index contributed by atoms with van der Waals surface area (Å²) in [5, 5.41) is 0. The van der Waals surface area contributed by atoms with Crippen LogP contribution in [-0.4, -0.2) is 38.9 Å². The second-order valence-electron chi connectivity index (χ2n) is 6.32. The molecule has 0 bridgehead atoms. The topological polar surface area (TPSA) is 38.8 Å². The van der Waals surface area contributed by atoms with Crippen molar-refractivity contribution in [3.63, 3.8) is 0 Å². The maximum Gasteiger partial charge on any atom is 0.187 e. The maximum absolute atomic E-state index is 11.2. The maximum atomic E-state index is 11.2. The van der Waals surface area contributed by atoms with Gasteiger partial charge in [-0.25, -0.2) is 0 Å². The zero-order valence-electron chi connectivity index (χ0n) is 13.2. The molecule has 2 atom stereocenters. The number of anilines is 1. The largest absolute Gasteiger partial charge is 0.382 e. The van der Waals surface area contributed by atoms with Crippen LogP contribution in [0.4, 0.5) is 5.69 Å². The van der Waals surface area contributed by atoms with Gasteiger partial charge in [0.1, 0.15) is 6.10 Å². The Hall–Kier alpha value is -1.39. The summed E-state index contributed by atoms with van der Waals surface area (Å²) in [7, 11) is 1.65. The molecule has 4 heteroatoms. The molecule has 3 rings (SSSR count). The van der Waals surface area contributed by atoms with Crippen LogP contribution in [0.2, 0.25) is 0 Å². The Kier molecular flexibility index (Phi) is 5.11. The molecular weight excluding hydrogens is 278 g/mol. The number of aldehydes is 1. The van der Waals surface area contributed by atoms with Crippen molar-refractivity contribution in [2.24, 2.45) is 0 Å². The summed E-state index contributed by atoms with van der Waals surface area (Å²) in [6, 6.07) is 8.69. The Morgan fingerprint density at radius 1 is 1.23 bits per heavy atom. The van der Waals surface area contributed by atoms with E-state index in [0.29, 0.717) is 19.1 Å². The normalized spacial score (nSPS) is 26.3. The Morgan fingerprint density at radius 3 is 2.59 bits per heavy atom. The zero-order chi connectivity index (χ0) is 15.4. The van der Waals surface area contributed by atoms with Gasteiger partial charge in [0.25, 0.3) is 0 Å². The average Bonchev–Trinajstić information content (AvgIpc) is 2.99. The number of nitrogens with zero attached hydrogens (tertiary/aromatic N) is 1. The molecule has 0 aromatic heterocycles. The van der Waals surface area contributed by atoms with Crippen LogP contribution in [0.5, 0.6) is 0 Å². The van der Waals surface area contributed by atoms with Crippen LogP contribution < -0.4 is 4.90 Å². The lowest BCUT2D eigenvalue weighted by molar-refractivity contribution is -0.118. The Labute approximate surface area is 132 Å². The fraction of sp³-hybridized carbons (Fsp3) is 0.611. The zero-order valence-corrected chi connectivity index (χ0v) is 13.2. The predicted molar refractivity (Wildman–Crippen MR) is 86.2 cm³/mol. The number of carbonyl (C=O) groups excluding carboxylic acids is 1. The number of hydrogen-bond donors (Lipinski definition) is 0. The molecule has 0 N–H and O–H groups in total. The summed E-state index contributed by atoms with van der Waals surface area (Å²) < 4.78 is 10.8. The second kappa shape index (κ2) is 7.25. The van der Waals surface area contributed by atoms with Gasteiger partial charge in [0.05, 0.1) is 6.61 Å². The third-order valence-electron chi connectivity index (χ3n) is 4.81. The standard InChI is InChI=1S/C18H25NO3/c1-21-13-17-11-19(18(12-20)22-17)16-9-7-15(8-10-16)14-5-3-2-4-6-14/h7-10,12,14,17-18H,2-6,11,13H2,1H3. The van der Waals surface area contributed by atoms with Crippen LogP contribution in [0.1, 0.15) is 43.6 Å². The molecule has 1 aliphatic carbocycles. The van der Waals surface area contributed by atoms with Gasteiger partial charge in [0.2, 0.25) is 0 Å². The van der Waals surface area contributed by atoms with Gasteiger partial charge in [-0.05, 0) is 36.5 Å². The first kappa shape index (κ1) is 15.5. The van der Waals surface area contributed by atoms with E-state index in [1.54, 1.807) is 7.11 Å². The van der Waals surface area contributed by atoms with E-state index in [2.05, 4.69) is 24.3 Å². The molecule has 2 unspecified atom stereocenters. The van der Waals surface area contributed by atoms with E-state index < -0.39 is 6.23 Å². The predicted octanol–water partition coefficient (Wildman–Crippen LogP) is 3.11. The third kappa shape index (κ3) is 3.33. The van der Waals surface area contributed by atoms with E-state index in [-0.39, 0.29) is 6.10 Å². The van der Waals surface area contributed by atoms with Crippen molar-refractivity contribution >= 4 is 12.0 Å². The molecule has 2 aliphatic rings. The van der Waals surface area contributed by atoms with Crippen LogP contribution in [0.15, 0.2) is 24.3 Å². The monoisotopic (exact) mass is 303 g/mol. The number of ether oxygens (including phenoxy) is 2. The Bertz CT molecular complexity index is 482. The Balaban J connectivity index is 1.70. The number of benzene rings is 1. The number of carbonyl (C=O) groups is 1. The van der Waals surface area contributed by atoms with Gasteiger partial charge in [0.15, 0.2) is 12.5 Å². The molecule has 22 heavy (non-hydrogen) atoms. The summed E-state index contributed by atoms with van der Waals surface area (Å²) in [5.74, 6) is 0.709. The fourth-order valence-corrected chi connectivity index (χ4v) is 3.65. The number of methoxy groups -OCH3 is 1. The molecule has 4 nitrogen and oxygen atoms in total. The SMILES string of the molecule is COCC1CN(c2ccc(C3CCCCC3)cc2)C(C=O)O1. The van der Waals surface area contributed by atoms with Crippen LogP contribution in [0.25, 0.3) is 0 Å². The third-order valence-corrected chi connectivity index (χ3v) is 4.81. The van der Waals surface area contributed by atoms with Crippen molar-refractivity contribution in [3.8, 4) is 0 Å². The molecule has 0 radical (unpaired) electrons. The van der Waals surface area contributed by atoms with Gasteiger partial charge in [-0.15, -0.1) is 0 Å². The van der Waals surface area contributed by atoms with Crippen LogP contribution in [-0.2, 0) is 14.3 Å². The molecule has 1 aromatic rings. The summed E-state index contributed by atoms with van der Waals surface area (Å²) >= 11 is 0. The van der Waals surface area contributed by atoms with Crippen LogP contribution >= 0.6 is 0 Å². The molecule has 2 fully saturated rings. The van der Waals surface area contributed by atoms with Gasteiger partial charge in [-0.1, -0.05) is 31.4 Å². The summed E-state index contributed by atoms with van der Waals surface area (Å²) in [5.41, 5.74) is 2.48. The summed E-state index contributed by atoms with van der Waals surface area (Å²) in [6.45, 7) is 1.21. The average molecular weight is 303 g/mol. The first-order valence-corrected chi connectivity index (χ1v) is 8.28. The van der Waals surface area contributed by atoms with Crippen molar-refractivity contribution in [1.29, 1.82) is 0 Å². The summed E-state index contributed by atoms with van der Waals surface area (Å²) in [6.07, 6.45) is 7.00.